The number of hydrogen-bond donors (Lipinski definition) is 0. The van der Waals surface area contributed by atoms with Crippen molar-refractivity contribution in [2.24, 2.45) is 11.8 Å². The Labute approximate surface area is 135 Å². The highest BCUT2D eigenvalue weighted by Crippen LogP contribution is 2.44. The summed E-state index contributed by atoms with van der Waals surface area (Å²) in [5.41, 5.74) is 1.03. The number of benzene rings is 2. The summed E-state index contributed by atoms with van der Waals surface area (Å²) in [6.07, 6.45) is 1.06. The van der Waals surface area contributed by atoms with Crippen molar-refractivity contribution < 1.29 is 4.79 Å². The number of hydrogen-bond acceptors (Lipinski definition) is 2. The van der Waals surface area contributed by atoms with Gasteiger partial charge < -0.3 is 4.79 Å². The molecule has 0 aliphatic heterocycles. The van der Waals surface area contributed by atoms with E-state index in [1.807, 2.05) is 42.5 Å². The third kappa shape index (κ3) is 4.12. The second kappa shape index (κ2) is 7.67. The average Bonchev–Trinajstić information content (AvgIpc) is 2.48. The van der Waals surface area contributed by atoms with Crippen LogP contribution in [0, 0.1) is 11.8 Å². The maximum atomic E-state index is 11.6. The van der Waals surface area contributed by atoms with E-state index in [4.69, 9.17) is 11.6 Å². The van der Waals surface area contributed by atoms with E-state index in [0.717, 1.165) is 21.8 Å². The highest BCUT2D eigenvalue weighted by molar-refractivity contribution is 7.99. The second-order valence-corrected chi connectivity index (χ2v) is 6.95. The molecule has 0 spiro atoms. The van der Waals surface area contributed by atoms with E-state index in [1.54, 1.807) is 11.8 Å². The third-order valence-corrected chi connectivity index (χ3v) is 5.21. The van der Waals surface area contributed by atoms with Crippen molar-refractivity contribution in [3.63, 3.8) is 0 Å². The van der Waals surface area contributed by atoms with Gasteiger partial charge >= 0.3 is 0 Å². The lowest BCUT2D eigenvalue weighted by molar-refractivity contribution is -0.112. The molecule has 0 N–H and O–H groups in total. The van der Waals surface area contributed by atoms with Crippen molar-refractivity contribution in [3.8, 4) is 0 Å². The fourth-order valence-electron chi connectivity index (χ4n) is 2.28. The molecule has 0 aliphatic carbocycles. The molecule has 2 aromatic carbocycles. The number of halogens is 1. The lowest BCUT2D eigenvalue weighted by atomic mass is 9.90. The van der Waals surface area contributed by atoms with E-state index < -0.39 is 0 Å². The molecule has 0 bridgehead atoms. The molecule has 0 radical (unpaired) electrons. The Bertz CT molecular complexity index is 583. The van der Waals surface area contributed by atoms with Gasteiger partial charge in [0.15, 0.2) is 0 Å². The Hall–Kier alpha value is -1.25. The van der Waals surface area contributed by atoms with Crippen LogP contribution in [0.2, 0.25) is 5.02 Å². The molecule has 3 heteroatoms. The minimum atomic E-state index is -0.0740. The van der Waals surface area contributed by atoms with E-state index >= 15 is 0 Å². The first-order valence-corrected chi connectivity index (χ1v) is 8.30. The fourth-order valence-corrected chi connectivity index (χ4v) is 4.07. The quantitative estimate of drug-likeness (QED) is 0.506. The van der Waals surface area contributed by atoms with E-state index in [-0.39, 0.29) is 17.1 Å². The topological polar surface area (TPSA) is 17.1 Å². The van der Waals surface area contributed by atoms with Crippen LogP contribution in [0.3, 0.4) is 0 Å². The van der Waals surface area contributed by atoms with Crippen LogP contribution >= 0.6 is 23.4 Å². The number of rotatable bonds is 6. The SMILES string of the molecule is CC(C)C(C=O)C(Sc1ccccc1)c1ccccc1Cl. The zero-order valence-electron chi connectivity index (χ0n) is 12.2. The zero-order valence-corrected chi connectivity index (χ0v) is 13.8. The molecule has 2 unspecified atom stereocenters. The summed E-state index contributed by atoms with van der Waals surface area (Å²) < 4.78 is 0. The standard InChI is InChI=1S/C18H19ClOS/c1-13(2)16(12-20)18(15-10-6-7-11-17(15)19)21-14-8-4-3-5-9-14/h3-13,16,18H,1-2H3. The molecule has 0 heterocycles. The van der Waals surface area contributed by atoms with Crippen molar-refractivity contribution in [2.45, 2.75) is 24.0 Å². The van der Waals surface area contributed by atoms with Gasteiger partial charge in [-0.3, -0.25) is 0 Å². The molecule has 0 saturated carbocycles. The van der Waals surface area contributed by atoms with Crippen molar-refractivity contribution >= 4 is 29.6 Å². The van der Waals surface area contributed by atoms with Crippen molar-refractivity contribution in [1.29, 1.82) is 0 Å². The number of carbonyl (C=O) groups is 1. The summed E-state index contributed by atoms with van der Waals surface area (Å²) in [7, 11) is 0. The largest absolute Gasteiger partial charge is 0.303 e. The van der Waals surface area contributed by atoms with Gasteiger partial charge in [0, 0.05) is 21.1 Å². The molecule has 110 valence electrons. The Morgan fingerprint density at radius 1 is 1.00 bits per heavy atom. The van der Waals surface area contributed by atoms with Crippen LogP contribution in [0.25, 0.3) is 0 Å². The average molecular weight is 319 g/mol. The second-order valence-electron chi connectivity index (χ2n) is 5.33. The molecule has 0 fully saturated rings. The van der Waals surface area contributed by atoms with E-state index in [9.17, 15) is 4.79 Å². The van der Waals surface area contributed by atoms with Gasteiger partial charge in [-0.2, -0.15) is 0 Å². The van der Waals surface area contributed by atoms with Gasteiger partial charge in [0.25, 0.3) is 0 Å². The summed E-state index contributed by atoms with van der Waals surface area (Å²) in [6.45, 7) is 4.16. The van der Waals surface area contributed by atoms with Crippen LogP contribution in [-0.2, 0) is 4.79 Å². The molecule has 1 nitrogen and oxygen atoms in total. The van der Waals surface area contributed by atoms with Gasteiger partial charge in [-0.15, -0.1) is 11.8 Å². The molecule has 2 rings (SSSR count). The van der Waals surface area contributed by atoms with Crippen LogP contribution in [0.4, 0.5) is 0 Å². The Morgan fingerprint density at radius 2 is 1.62 bits per heavy atom. The number of thioether (sulfide) groups is 1. The van der Waals surface area contributed by atoms with Crippen LogP contribution in [0.1, 0.15) is 24.7 Å². The number of aldehydes is 1. The third-order valence-electron chi connectivity index (χ3n) is 3.49. The minimum absolute atomic E-state index is 0.0265. The van der Waals surface area contributed by atoms with Gasteiger partial charge in [-0.25, -0.2) is 0 Å². The molecule has 2 aromatic rings. The minimum Gasteiger partial charge on any atom is -0.303 e. The monoisotopic (exact) mass is 318 g/mol. The Kier molecular flexibility index (Phi) is 5.89. The summed E-state index contributed by atoms with van der Waals surface area (Å²) in [6, 6.07) is 17.9. The first kappa shape index (κ1) is 16.1. The molecular weight excluding hydrogens is 300 g/mol. The van der Waals surface area contributed by atoms with Gasteiger partial charge in [0.1, 0.15) is 6.29 Å². The summed E-state index contributed by atoms with van der Waals surface area (Å²) in [5.74, 6) is 0.190. The first-order valence-electron chi connectivity index (χ1n) is 7.05. The summed E-state index contributed by atoms with van der Waals surface area (Å²) in [4.78, 5) is 12.8. The highest BCUT2D eigenvalue weighted by Gasteiger charge is 2.28. The fraction of sp³-hybridized carbons (Fsp3) is 0.278. The lowest BCUT2D eigenvalue weighted by Crippen LogP contribution is -2.18. The van der Waals surface area contributed by atoms with E-state index in [2.05, 4.69) is 26.0 Å². The molecule has 2 atom stereocenters. The predicted octanol–water partition coefficient (Wildman–Crippen LogP) is 5.64. The molecule has 0 amide bonds. The highest BCUT2D eigenvalue weighted by atomic mass is 35.5. The Balaban J connectivity index is 2.39. The zero-order chi connectivity index (χ0) is 15.2. The maximum absolute atomic E-state index is 11.6. The molecule has 21 heavy (non-hydrogen) atoms. The number of carbonyl (C=O) groups excluding carboxylic acids is 1. The Morgan fingerprint density at radius 3 is 2.19 bits per heavy atom. The molecule has 0 saturated heterocycles. The smallest absolute Gasteiger partial charge is 0.124 e. The summed E-state index contributed by atoms with van der Waals surface area (Å²) in [5, 5.41) is 0.747. The van der Waals surface area contributed by atoms with E-state index in [1.165, 1.54) is 0 Å². The van der Waals surface area contributed by atoms with Crippen LogP contribution < -0.4 is 0 Å². The van der Waals surface area contributed by atoms with Crippen LogP contribution in [0.15, 0.2) is 59.5 Å². The first-order chi connectivity index (χ1) is 10.1. The van der Waals surface area contributed by atoms with E-state index in [0.29, 0.717) is 0 Å². The molecule has 0 aliphatic rings. The van der Waals surface area contributed by atoms with Gasteiger partial charge in [0.05, 0.1) is 0 Å². The molecule has 0 aromatic heterocycles. The van der Waals surface area contributed by atoms with Crippen LogP contribution in [0.5, 0.6) is 0 Å². The lowest BCUT2D eigenvalue weighted by Gasteiger charge is -2.26. The normalized spacial score (nSPS) is 13.9. The molecular formula is C18H19ClOS. The van der Waals surface area contributed by atoms with Crippen molar-refractivity contribution in [1.82, 2.24) is 0 Å². The van der Waals surface area contributed by atoms with Crippen LogP contribution in [-0.4, -0.2) is 6.29 Å². The predicted molar refractivity (Wildman–Crippen MR) is 90.9 cm³/mol. The van der Waals surface area contributed by atoms with Gasteiger partial charge in [-0.05, 0) is 29.7 Å². The maximum Gasteiger partial charge on any atom is 0.124 e. The van der Waals surface area contributed by atoms with Gasteiger partial charge in [-0.1, -0.05) is 61.8 Å². The van der Waals surface area contributed by atoms with Crippen molar-refractivity contribution in [2.75, 3.05) is 0 Å². The van der Waals surface area contributed by atoms with Gasteiger partial charge in [0.2, 0.25) is 0 Å². The summed E-state index contributed by atoms with van der Waals surface area (Å²) >= 11 is 8.06. The van der Waals surface area contributed by atoms with Crippen molar-refractivity contribution in [3.05, 3.63) is 65.2 Å².